The number of nitrogens with zero attached hydrogens (tertiary/aromatic N) is 1. The van der Waals surface area contributed by atoms with Crippen LogP contribution in [-0.4, -0.2) is 34.6 Å². The number of anilines is 1. The predicted molar refractivity (Wildman–Crippen MR) is 75.0 cm³/mol. The number of hydrogen-bond donors (Lipinski definition) is 2. The van der Waals surface area contributed by atoms with Crippen molar-refractivity contribution in [1.29, 1.82) is 0 Å². The average molecular weight is 345 g/mol. The molecule has 0 spiro atoms. The molecule has 2 unspecified atom stereocenters. The third-order valence-electron chi connectivity index (χ3n) is 3.53. The summed E-state index contributed by atoms with van der Waals surface area (Å²) in [7, 11) is 0. The summed E-state index contributed by atoms with van der Waals surface area (Å²) in [6.45, 7) is 2.03. The number of likely N-dealkylation sites (tertiary alicyclic amines) is 1. The van der Waals surface area contributed by atoms with Gasteiger partial charge in [-0.25, -0.2) is 9.18 Å². The molecule has 1 heterocycles. The van der Waals surface area contributed by atoms with Gasteiger partial charge in [0.15, 0.2) is 0 Å². The summed E-state index contributed by atoms with van der Waals surface area (Å²) in [4.78, 5) is 24.6. The van der Waals surface area contributed by atoms with Gasteiger partial charge in [-0.15, -0.1) is 0 Å². The lowest BCUT2D eigenvalue weighted by molar-refractivity contribution is -0.142. The van der Waals surface area contributed by atoms with E-state index >= 15 is 0 Å². The Balaban J connectivity index is 2.12. The summed E-state index contributed by atoms with van der Waals surface area (Å²) in [6.07, 6.45) is 0.405. The molecule has 7 heteroatoms. The van der Waals surface area contributed by atoms with E-state index in [1.54, 1.807) is 13.0 Å². The summed E-state index contributed by atoms with van der Waals surface area (Å²) in [5.74, 6) is -2.04. The molecule has 1 aliphatic heterocycles. The molecule has 108 valence electrons. The van der Waals surface area contributed by atoms with Crippen molar-refractivity contribution in [3.05, 3.63) is 28.5 Å². The standard InChI is InChI=1S/C13H14BrFN2O3/c1-7-8(12(18)19)5-6-17(7)13(20)16-11-9(14)3-2-4-10(11)15/h2-4,7-8H,5-6H2,1H3,(H,16,20)(H,18,19). The summed E-state index contributed by atoms with van der Waals surface area (Å²) in [5, 5.41) is 11.5. The molecular weight excluding hydrogens is 331 g/mol. The van der Waals surface area contributed by atoms with Gasteiger partial charge in [0.2, 0.25) is 0 Å². The van der Waals surface area contributed by atoms with Crippen LogP contribution in [0.5, 0.6) is 0 Å². The predicted octanol–water partition coefficient (Wildman–Crippen LogP) is 2.92. The largest absolute Gasteiger partial charge is 0.481 e. The molecule has 2 atom stereocenters. The van der Waals surface area contributed by atoms with Gasteiger partial charge >= 0.3 is 12.0 Å². The fourth-order valence-electron chi connectivity index (χ4n) is 2.35. The summed E-state index contributed by atoms with van der Waals surface area (Å²) in [5.41, 5.74) is 0.0588. The van der Waals surface area contributed by atoms with E-state index in [1.165, 1.54) is 17.0 Å². The first-order valence-electron chi connectivity index (χ1n) is 6.16. The van der Waals surface area contributed by atoms with Gasteiger partial charge in [0.25, 0.3) is 0 Å². The molecule has 0 saturated carbocycles. The monoisotopic (exact) mass is 344 g/mol. The van der Waals surface area contributed by atoms with Crippen molar-refractivity contribution in [2.24, 2.45) is 5.92 Å². The Morgan fingerprint density at radius 1 is 1.50 bits per heavy atom. The third-order valence-corrected chi connectivity index (χ3v) is 4.19. The van der Waals surface area contributed by atoms with Crippen LogP contribution in [0.3, 0.4) is 0 Å². The van der Waals surface area contributed by atoms with Crippen LogP contribution in [0.25, 0.3) is 0 Å². The Labute approximate surface area is 123 Å². The van der Waals surface area contributed by atoms with Crippen LogP contribution in [0.2, 0.25) is 0 Å². The highest BCUT2D eigenvalue weighted by Crippen LogP contribution is 2.28. The van der Waals surface area contributed by atoms with Crippen LogP contribution in [0, 0.1) is 11.7 Å². The van der Waals surface area contributed by atoms with Crippen molar-refractivity contribution in [3.8, 4) is 0 Å². The molecule has 20 heavy (non-hydrogen) atoms. The number of carboxylic acid groups (broad SMARTS) is 1. The van der Waals surface area contributed by atoms with E-state index in [-0.39, 0.29) is 5.69 Å². The molecule has 0 aliphatic carbocycles. The van der Waals surface area contributed by atoms with Gasteiger partial charge in [-0.1, -0.05) is 6.07 Å². The van der Waals surface area contributed by atoms with Gasteiger partial charge in [0, 0.05) is 17.1 Å². The molecule has 1 aliphatic rings. The van der Waals surface area contributed by atoms with Crippen LogP contribution < -0.4 is 5.32 Å². The second-order valence-electron chi connectivity index (χ2n) is 4.69. The van der Waals surface area contributed by atoms with Crippen molar-refractivity contribution in [2.45, 2.75) is 19.4 Å². The minimum absolute atomic E-state index is 0.0588. The first-order chi connectivity index (χ1) is 9.41. The lowest BCUT2D eigenvalue weighted by Gasteiger charge is -2.24. The number of carbonyl (C=O) groups excluding carboxylic acids is 1. The van der Waals surface area contributed by atoms with Crippen LogP contribution in [0.1, 0.15) is 13.3 Å². The Bertz CT molecular complexity index is 532. The number of carbonyl (C=O) groups is 2. The molecule has 0 aromatic heterocycles. The molecule has 1 aromatic carbocycles. The van der Waals surface area contributed by atoms with Crippen LogP contribution in [0.4, 0.5) is 14.9 Å². The van der Waals surface area contributed by atoms with Gasteiger partial charge < -0.3 is 15.3 Å². The second kappa shape index (κ2) is 5.78. The van der Waals surface area contributed by atoms with Crippen molar-refractivity contribution in [1.82, 2.24) is 4.90 Å². The van der Waals surface area contributed by atoms with Gasteiger partial charge in [-0.05, 0) is 41.4 Å². The van der Waals surface area contributed by atoms with Crippen molar-refractivity contribution in [2.75, 3.05) is 11.9 Å². The molecule has 2 N–H and O–H groups in total. The number of benzene rings is 1. The molecule has 2 rings (SSSR count). The Hall–Kier alpha value is -1.63. The zero-order chi connectivity index (χ0) is 14.9. The number of aliphatic carboxylic acids is 1. The molecule has 1 saturated heterocycles. The Morgan fingerprint density at radius 2 is 2.20 bits per heavy atom. The van der Waals surface area contributed by atoms with Crippen LogP contribution in [0.15, 0.2) is 22.7 Å². The molecule has 1 fully saturated rings. The number of rotatable bonds is 2. The number of para-hydroxylation sites is 1. The van der Waals surface area contributed by atoms with E-state index in [1.807, 2.05) is 0 Å². The summed E-state index contributed by atoms with van der Waals surface area (Å²) >= 11 is 3.17. The van der Waals surface area contributed by atoms with Gasteiger partial charge in [-0.2, -0.15) is 0 Å². The number of amides is 2. The lowest BCUT2D eigenvalue weighted by atomic mass is 10.0. The molecular formula is C13H14BrFN2O3. The Morgan fingerprint density at radius 3 is 2.75 bits per heavy atom. The molecule has 1 aromatic rings. The van der Waals surface area contributed by atoms with E-state index in [0.717, 1.165) is 0 Å². The van der Waals surface area contributed by atoms with E-state index in [2.05, 4.69) is 21.2 Å². The highest BCUT2D eigenvalue weighted by atomic mass is 79.9. The minimum atomic E-state index is -0.917. The zero-order valence-electron chi connectivity index (χ0n) is 10.8. The van der Waals surface area contributed by atoms with Gasteiger partial charge in [0.05, 0.1) is 11.6 Å². The fourth-order valence-corrected chi connectivity index (χ4v) is 2.79. The number of hydrogen-bond acceptors (Lipinski definition) is 2. The number of urea groups is 1. The highest BCUT2D eigenvalue weighted by molar-refractivity contribution is 9.10. The van der Waals surface area contributed by atoms with E-state index in [4.69, 9.17) is 5.11 Å². The SMILES string of the molecule is CC1C(C(=O)O)CCN1C(=O)Nc1c(F)cccc1Br. The number of carboxylic acids is 1. The number of halogens is 2. The van der Waals surface area contributed by atoms with E-state index in [9.17, 15) is 14.0 Å². The first-order valence-corrected chi connectivity index (χ1v) is 6.95. The molecule has 0 bridgehead atoms. The minimum Gasteiger partial charge on any atom is -0.481 e. The smallest absolute Gasteiger partial charge is 0.322 e. The molecule has 5 nitrogen and oxygen atoms in total. The van der Waals surface area contributed by atoms with Crippen molar-refractivity contribution < 1.29 is 19.1 Å². The Kier molecular flexibility index (Phi) is 4.27. The van der Waals surface area contributed by atoms with Crippen LogP contribution in [-0.2, 0) is 4.79 Å². The second-order valence-corrected chi connectivity index (χ2v) is 5.55. The number of nitrogens with one attached hydrogen (secondary N) is 1. The maximum Gasteiger partial charge on any atom is 0.322 e. The lowest BCUT2D eigenvalue weighted by Crippen LogP contribution is -2.40. The van der Waals surface area contributed by atoms with Gasteiger partial charge in [0.1, 0.15) is 5.82 Å². The maximum absolute atomic E-state index is 13.6. The van der Waals surface area contributed by atoms with Crippen molar-refractivity contribution >= 4 is 33.6 Å². The fraction of sp³-hybridized carbons (Fsp3) is 0.385. The zero-order valence-corrected chi connectivity index (χ0v) is 12.4. The van der Waals surface area contributed by atoms with E-state index < -0.39 is 29.8 Å². The molecule has 2 amide bonds. The first kappa shape index (κ1) is 14.8. The van der Waals surface area contributed by atoms with Crippen LogP contribution >= 0.6 is 15.9 Å². The topological polar surface area (TPSA) is 69.6 Å². The maximum atomic E-state index is 13.6. The normalized spacial score (nSPS) is 21.9. The summed E-state index contributed by atoms with van der Waals surface area (Å²) < 4.78 is 14.1. The average Bonchev–Trinajstić information content (AvgIpc) is 2.76. The van der Waals surface area contributed by atoms with E-state index in [0.29, 0.717) is 17.4 Å². The van der Waals surface area contributed by atoms with Gasteiger partial charge in [-0.3, -0.25) is 4.79 Å². The van der Waals surface area contributed by atoms with Crippen molar-refractivity contribution in [3.63, 3.8) is 0 Å². The highest BCUT2D eigenvalue weighted by Gasteiger charge is 2.38. The quantitative estimate of drug-likeness (QED) is 0.866. The molecule has 0 radical (unpaired) electrons. The third kappa shape index (κ3) is 2.77. The summed E-state index contributed by atoms with van der Waals surface area (Å²) in [6, 6.07) is 3.47.